The van der Waals surface area contributed by atoms with Gasteiger partial charge in [0.1, 0.15) is 0 Å². The molecule has 0 fully saturated rings. The molecule has 0 saturated carbocycles. The Balaban J connectivity index is 3.73. The Bertz CT molecular complexity index is 321. The summed E-state index contributed by atoms with van der Waals surface area (Å²) < 4.78 is 15.6. The zero-order chi connectivity index (χ0) is 17.4. The molecule has 0 aromatic heterocycles. The minimum absolute atomic E-state index is 0.0347. The Labute approximate surface area is 135 Å². The second-order valence-corrected chi connectivity index (χ2v) is 9.77. The summed E-state index contributed by atoms with van der Waals surface area (Å²) in [7, 11) is -0.763. The van der Waals surface area contributed by atoms with Gasteiger partial charge in [-0.2, -0.15) is 0 Å². The molecular weight excluding hydrogens is 303 g/mol. The lowest BCUT2D eigenvalue weighted by Gasteiger charge is -2.18. The molecule has 6 heteroatoms. The average molecular weight is 334 g/mol. The smallest absolute Gasteiger partial charge is 0.308 e. The highest BCUT2D eigenvalue weighted by atomic mass is 31.1. The van der Waals surface area contributed by atoms with Gasteiger partial charge in [0.05, 0.1) is 19.4 Å². The molecule has 0 rings (SSSR count). The van der Waals surface area contributed by atoms with Crippen molar-refractivity contribution in [3.63, 3.8) is 0 Å². The second-order valence-electron chi connectivity index (χ2n) is 7.81. The number of ether oxygens (including phenoxy) is 2. The Morgan fingerprint density at radius 2 is 1.32 bits per heavy atom. The zero-order valence-electron chi connectivity index (χ0n) is 15.0. The molecule has 0 aliphatic carbocycles. The van der Waals surface area contributed by atoms with Gasteiger partial charge >= 0.3 is 11.9 Å². The van der Waals surface area contributed by atoms with Gasteiger partial charge in [-0.05, 0) is 17.5 Å². The second kappa shape index (κ2) is 9.46. The van der Waals surface area contributed by atoms with E-state index in [4.69, 9.17) is 14.0 Å². The van der Waals surface area contributed by atoms with E-state index in [0.717, 1.165) is 0 Å². The number of carbonyl (C=O) groups excluding carboxylic acids is 2. The zero-order valence-corrected chi connectivity index (χ0v) is 15.9. The van der Waals surface area contributed by atoms with Crippen LogP contribution in [0.4, 0.5) is 0 Å². The fraction of sp³-hybridized carbons (Fsp3) is 0.875. The molecular formula is C16H31O5P. The normalized spacial score (nSPS) is 13.6. The lowest BCUT2D eigenvalue weighted by molar-refractivity contribution is -0.151. The van der Waals surface area contributed by atoms with Crippen LogP contribution in [0.2, 0.25) is 0 Å². The molecule has 22 heavy (non-hydrogen) atoms. The van der Waals surface area contributed by atoms with Crippen LogP contribution in [0.3, 0.4) is 0 Å². The van der Waals surface area contributed by atoms with Gasteiger partial charge in [0.2, 0.25) is 0 Å². The monoisotopic (exact) mass is 334 g/mol. The van der Waals surface area contributed by atoms with Crippen molar-refractivity contribution >= 4 is 20.1 Å². The molecule has 0 aliphatic rings. The molecule has 0 saturated heterocycles. The van der Waals surface area contributed by atoms with Crippen molar-refractivity contribution in [2.24, 2.45) is 10.8 Å². The van der Waals surface area contributed by atoms with Crippen molar-refractivity contribution in [2.45, 2.75) is 54.4 Å². The number of hydrogen-bond acceptors (Lipinski definition) is 5. The SMILES string of the molecule is CP(CCOC(=O)CC(C)(C)C)OCOC(=O)CC(C)(C)C. The van der Waals surface area contributed by atoms with Crippen molar-refractivity contribution in [1.82, 2.24) is 0 Å². The molecule has 5 nitrogen and oxygen atoms in total. The number of rotatable bonds is 8. The Morgan fingerprint density at radius 3 is 1.77 bits per heavy atom. The van der Waals surface area contributed by atoms with E-state index in [1.54, 1.807) is 0 Å². The minimum atomic E-state index is -0.763. The van der Waals surface area contributed by atoms with E-state index in [1.807, 2.05) is 48.2 Å². The van der Waals surface area contributed by atoms with Crippen LogP contribution in [0.1, 0.15) is 54.4 Å². The highest BCUT2D eigenvalue weighted by Crippen LogP contribution is 2.31. The number of carbonyl (C=O) groups is 2. The van der Waals surface area contributed by atoms with Crippen LogP contribution >= 0.6 is 8.15 Å². The Hall–Kier alpha value is -0.670. The van der Waals surface area contributed by atoms with Crippen LogP contribution in [-0.2, 0) is 23.6 Å². The summed E-state index contributed by atoms with van der Waals surface area (Å²) in [5.74, 6) is -0.444. The minimum Gasteiger partial charge on any atom is -0.465 e. The van der Waals surface area contributed by atoms with E-state index >= 15 is 0 Å². The van der Waals surface area contributed by atoms with Gasteiger partial charge in [-0.1, -0.05) is 41.5 Å². The summed E-state index contributed by atoms with van der Waals surface area (Å²) in [5, 5.41) is 0. The van der Waals surface area contributed by atoms with Gasteiger partial charge in [-0.15, -0.1) is 0 Å². The van der Waals surface area contributed by atoms with E-state index in [0.29, 0.717) is 25.6 Å². The molecule has 0 aromatic carbocycles. The first kappa shape index (κ1) is 21.3. The van der Waals surface area contributed by atoms with Crippen LogP contribution in [0.15, 0.2) is 0 Å². The van der Waals surface area contributed by atoms with Gasteiger partial charge in [-0.3, -0.25) is 9.59 Å². The van der Waals surface area contributed by atoms with Gasteiger partial charge in [0.25, 0.3) is 0 Å². The molecule has 0 heterocycles. The molecule has 0 aliphatic heterocycles. The molecule has 0 spiro atoms. The average Bonchev–Trinajstić information content (AvgIpc) is 2.23. The summed E-state index contributed by atoms with van der Waals surface area (Å²) in [5.41, 5.74) is -0.152. The van der Waals surface area contributed by atoms with Crippen LogP contribution in [-0.4, -0.2) is 38.2 Å². The Kier molecular flexibility index (Phi) is 9.18. The van der Waals surface area contributed by atoms with Crippen molar-refractivity contribution in [3.8, 4) is 0 Å². The van der Waals surface area contributed by atoms with Crippen LogP contribution in [0.5, 0.6) is 0 Å². The number of hydrogen-bond donors (Lipinski definition) is 0. The molecule has 0 bridgehead atoms. The lowest BCUT2D eigenvalue weighted by atomic mass is 9.92. The van der Waals surface area contributed by atoms with Gasteiger partial charge in [0, 0.05) is 14.3 Å². The summed E-state index contributed by atoms with van der Waals surface area (Å²) in [6, 6.07) is 0. The van der Waals surface area contributed by atoms with E-state index in [9.17, 15) is 9.59 Å². The third-order valence-electron chi connectivity index (χ3n) is 2.51. The molecule has 0 radical (unpaired) electrons. The van der Waals surface area contributed by atoms with Crippen LogP contribution in [0, 0.1) is 10.8 Å². The first-order chi connectivity index (χ1) is 9.89. The van der Waals surface area contributed by atoms with Crippen LogP contribution < -0.4 is 0 Å². The first-order valence-corrected chi connectivity index (χ1v) is 9.43. The third kappa shape index (κ3) is 14.3. The maximum atomic E-state index is 11.6. The van der Waals surface area contributed by atoms with Gasteiger partial charge in [0.15, 0.2) is 6.79 Å². The largest absolute Gasteiger partial charge is 0.465 e. The van der Waals surface area contributed by atoms with E-state index in [-0.39, 0.29) is 29.6 Å². The van der Waals surface area contributed by atoms with E-state index in [1.165, 1.54) is 0 Å². The molecule has 0 aromatic rings. The summed E-state index contributed by atoms with van der Waals surface area (Å²) in [4.78, 5) is 23.1. The first-order valence-electron chi connectivity index (χ1n) is 7.54. The summed E-state index contributed by atoms with van der Waals surface area (Å²) in [6.45, 7) is 14.2. The summed E-state index contributed by atoms with van der Waals surface area (Å²) >= 11 is 0. The molecule has 0 N–H and O–H groups in total. The highest BCUT2D eigenvalue weighted by molar-refractivity contribution is 7.51. The number of esters is 2. The van der Waals surface area contributed by atoms with Crippen molar-refractivity contribution in [1.29, 1.82) is 0 Å². The molecule has 1 unspecified atom stereocenters. The van der Waals surface area contributed by atoms with Crippen molar-refractivity contribution in [2.75, 3.05) is 26.2 Å². The third-order valence-corrected chi connectivity index (χ3v) is 3.87. The Morgan fingerprint density at radius 1 is 0.864 bits per heavy atom. The maximum absolute atomic E-state index is 11.6. The van der Waals surface area contributed by atoms with E-state index < -0.39 is 8.15 Å². The van der Waals surface area contributed by atoms with Crippen molar-refractivity contribution < 1.29 is 23.6 Å². The predicted molar refractivity (Wildman–Crippen MR) is 88.9 cm³/mol. The highest BCUT2D eigenvalue weighted by Gasteiger charge is 2.18. The van der Waals surface area contributed by atoms with E-state index in [2.05, 4.69) is 0 Å². The molecule has 1 atom stereocenters. The summed E-state index contributed by atoms with van der Waals surface area (Å²) in [6.07, 6.45) is 1.41. The fourth-order valence-corrected chi connectivity index (χ4v) is 2.21. The van der Waals surface area contributed by atoms with Gasteiger partial charge < -0.3 is 14.0 Å². The fourth-order valence-electron chi connectivity index (χ4n) is 1.50. The van der Waals surface area contributed by atoms with Crippen molar-refractivity contribution in [3.05, 3.63) is 0 Å². The predicted octanol–water partition coefficient (Wildman–Crippen LogP) is 3.95. The molecule has 0 amide bonds. The topological polar surface area (TPSA) is 61.8 Å². The maximum Gasteiger partial charge on any atom is 0.308 e. The van der Waals surface area contributed by atoms with Gasteiger partial charge in [-0.25, -0.2) is 0 Å². The quantitative estimate of drug-likeness (QED) is 0.382. The lowest BCUT2D eigenvalue weighted by Crippen LogP contribution is -2.17. The molecule has 130 valence electrons. The standard InChI is InChI=1S/C16H31O5P/c1-15(2,3)10-13(17)19-8-9-22(7)21-12-20-14(18)11-16(4,5)6/h8-12H2,1-7H3. The van der Waals surface area contributed by atoms with Crippen LogP contribution in [0.25, 0.3) is 0 Å².